The third kappa shape index (κ3) is 5.17. The summed E-state index contributed by atoms with van der Waals surface area (Å²) in [6, 6.07) is 38.6. The fourth-order valence-electron chi connectivity index (χ4n) is 18.8. The van der Waals surface area contributed by atoms with Crippen molar-refractivity contribution in [2.24, 2.45) is 35.5 Å². The fraction of sp³-hybridized carbons (Fsp3) is 0.373. The maximum Gasteiger partial charge on any atom is 0.252 e. The van der Waals surface area contributed by atoms with Gasteiger partial charge in [0, 0.05) is 71.4 Å². The average molecular weight is 934 g/mol. The first-order valence-electron chi connectivity index (χ1n) is 28.4. The van der Waals surface area contributed by atoms with Crippen molar-refractivity contribution in [1.82, 2.24) is 13.7 Å². The van der Waals surface area contributed by atoms with E-state index in [1.54, 1.807) is 11.1 Å². The van der Waals surface area contributed by atoms with Crippen molar-refractivity contribution in [2.45, 2.75) is 125 Å². The van der Waals surface area contributed by atoms with Crippen LogP contribution >= 0.6 is 0 Å². The van der Waals surface area contributed by atoms with Gasteiger partial charge in [0.25, 0.3) is 13.4 Å². The number of fused-ring (bicyclic) bond motifs is 15. The Balaban J connectivity index is 1.03. The van der Waals surface area contributed by atoms with Crippen molar-refractivity contribution in [1.29, 1.82) is 0 Å². The Bertz CT molecular complexity index is 4160. The summed E-state index contributed by atoms with van der Waals surface area (Å²) in [4.78, 5) is 0. The average Bonchev–Trinajstić information content (AvgIpc) is 3.96. The van der Waals surface area contributed by atoms with E-state index < -0.39 is 0 Å². The molecule has 0 N–H and O–H groups in total. The molecular weight excluding hydrogens is 868 g/mol. The highest BCUT2D eigenvalue weighted by Gasteiger charge is 2.50. The maximum absolute atomic E-state index is 2.84. The smallest absolute Gasteiger partial charge is 0.252 e. The number of benzene rings is 7. The second kappa shape index (κ2) is 13.8. The van der Waals surface area contributed by atoms with E-state index in [0.717, 1.165) is 35.5 Å². The maximum atomic E-state index is 2.84. The molecule has 72 heavy (non-hydrogen) atoms. The minimum absolute atomic E-state index is 0.121. The van der Waals surface area contributed by atoms with Gasteiger partial charge in [0.1, 0.15) is 0 Å². The van der Waals surface area contributed by atoms with Crippen LogP contribution < -0.4 is 32.8 Å². The molecule has 7 aromatic carbocycles. The number of hydrogen-bond donors (Lipinski definition) is 0. The lowest BCUT2D eigenvalue weighted by Crippen LogP contribution is -2.66. The lowest BCUT2D eigenvalue weighted by molar-refractivity contribution is 0.0899. The zero-order valence-corrected chi connectivity index (χ0v) is 43.7. The zero-order valence-electron chi connectivity index (χ0n) is 43.7. The van der Waals surface area contributed by atoms with E-state index in [0.29, 0.717) is 0 Å². The molecule has 10 aromatic rings. The highest BCUT2D eigenvalue weighted by molar-refractivity contribution is 7.04. The number of hydrogen-bond acceptors (Lipinski definition) is 0. The normalized spacial score (nSPS) is 25.2. The second-order valence-electron chi connectivity index (χ2n) is 26.2. The van der Waals surface area contributed by atoms with Gasteiger partial charge in [0.15, 0.2) is 0 Å². The summed E-state index contributed by atoms with van der Waals surface area (Å²) in [5.74, 6) is 4.90. The van der Waals surface area contributed by atoms with Gasteiger partial charge in [-0.1, -0.05) is 98.8 Å². The number of aromatic nitrogens is 3. The predicted molar refractivity (Wildman–Crippen MR) is 308 cm³/mol. The summed E-state index contributed by atoms with van der Waals surface area (Å²) in [6.45, 7) is 19.7. The molecular formula is C67H65B2N3. The Morgan fingerprint density at radius 2 is 1.03 bits per heavy atom. The minimum atomic E-state index is 0.121. The van der Waals surface area contributed by atoms with Crippen molar-refractivity contribution < 1.29 is 0 Å². The van der Waals surface area contributed by atoms with E-state index in [4.69, 9.17) is 0 Å². The summed E-state index contributed by atoms with van der Waals surface area (Å²) in [6.07, 6.45) is 13.4. The van der Waals surface area contributed by atoms with Gasteiger partial charge in [-0.05, 0) is 219 Å². The molecule has 2 bridgehead atoms. The number of nitrogens with zero attached hydrogens (tertiary/aromatic N) is 3. The van der Waals surface area contributed by atoms with Crippen LogP contribution in [0.4, 0.5) is 0 Å². The van der Waals surface area contributed by atoms with E-state index >= 15 is 0 Å². The van der Waals surface area contributed by atoms with Gasteiger partial charge in [-0.3, -0.25) is 0 Å². The molecule has 3 aliphatic carbocycles. The van der Waals surface area contributed by atoms with Crippen LogP contribution in [0.5, 0.6) is 0 Å². The first-order chi connectivity index (χ1) is 34.9. The van der Waals surface area contributed by atoms with Crippen molar-refractivity contribution in [2.75, 3.05) is 0 Å². The molecule has 3 fully saturated rings. The van der Waals surface area contributed by atoms with Gasteiger partial charge >= 0.3 is 0 Å². The molecule has 0 saturated heterocycles. The van der Waals surface area contributed by atoms with Crippen molar-refractivity contribution in [3.63, 3.8) is 0 Å². The van der Waals surface area contributed by atoms with Gasteiger partial charge in [0.2, 0.25) is 0 Å². The molecule has 4 aliphatic heterocycles. The molecule has 354 valence electrons. The minimum Gasteiger partial charge on any atom is -0.311 e. The van der Waals surface area contributed by atoms with Crippen LogP contribution in [-0.4, -0.2) is 27.1 Å². The molecule has 3 aromatic heterocycles. The fourth-order valence-corrected chi connectivity index (χ4v) is 18.8. The molecule has 0 radical (unpaired) electrons. The summed E-state index contributed by atoms with van der Waals surface area (Å²) in [5, 5.41) is 8.51. The van der Waals surface area contributed by atoms with Crippen molar-refractivity contribution >= 4 is 112 Å². The zero-order chi connectivity index (χ0) is 48.1. The summed E-state index contributed by atoms with van der Waals surface area (Å²) >= 11 is 0. The first kappa shape index (κ1) is 41.5. The van der Waals surface area contributed by atoms with Crippen LogP contribution in [0.1, 0.15) is 119 Å². The SMILES string of the molecule is CCC1CC(C)CC(Cc2cc3c4c(c2)c2ccc(C5(C)CC6CC(C)CC(C6)C5)cc2n4-c2cc4c5c6c2B3c2cc(C)cc3c7cc(C)cc(c7n-6c23)B5c2cc(C)cc3c5cc(C)ccc5n-4c23)C1. The van der Waals surface area contributed by atoms with Gasteiger partial charge in [-0.2, -0.15) is 0 Å². The van der Waals surface area contributed by atoms with Crippen LogP contribution in [0, 0.1) is 63.2 Å². The Morgan fingerprint density at radius 3 is 1.67 bits per heavy atom. The molecule has 7 heterocycles. The quantitative estimate of drug-likeness (QED) is 0.156. The van der Waals surface area contributed by atoms with E-state index in [1.807, 2.05) is 0 Å². The standard InChI is InChI=1S/C67H65B2N3/c1-9-40-14-35(3)15-41(25-40)26-42-28-51-46-12-11-45(67(8)32-43-16-36(4)17-44(27-43)33-67)30-57(46)71-59-31-58-60-66-61(59)69(55(29-42)63(51)71)54-24-39(7)21-50-49-20-38(6)23-53(64(49)72(66)65(50)54)68(60)52-22-37(5)19-48-47-18-34(2)10-13-56(47)70(58)62(48)52/h10-13,18-24,28-31,35-36,40-41,43-44H,9,14-17,25-27,32-33H2,1-8H3. The molecule has 7 aliphatic rings. The van der Waals surface area contributed by atoms with Crippen LogP contribution in [0.25, 0.3) is 82.5 Å². The van der Waals surface area contributed by atoms with Gasteiger partial charge in [0.05, 0.1) is 11.0 Å². The van der Waals surface area contributed by atoms with E-state index in [9.17, 15) is 0 Å². The van der Waals surface area contributed by atoms with E-state index in [1.165, 1.54) is 202 Å². The highest BCUT2D eigenvalue weighted by atomic mass is 15.1. The van der Waals surface area contributed by atoms with Crippen molar-refractivity contribution in [3.05, 3.63) is 124 Å². The molecule has 5 unspecified atom stereocenters. The van der Waals surface area contributed by atoms with Gasteiger partial charge in [-0.15, -0.1) is 0 Å². The van der Waals surface area contributed by atoms with Crippen LogP contribution in [0.3, 0.4) is 0 Å². The van der Waals surface area contributed by atoms with Gasteiger partial charge < -0.3 is 13.7 Å². The lowest BCUT2D eigenvalue weighted by atomic mass is 9.30. The summed E-state index contributed by atoms with van der Waals surface area (Å²) in [7, 11) is 0. The Kier molecular flexibility index (Phi) is 7.97. The van der Waals surface area contributed by atoms with E-state index in [2.05, 4.69) is 160 Å². The lowest BCUT2D eigenvalue weighted by Gasteiger charge is -2.47. The molecule has 5 atom stereocenters. The first-order valence-corrected chi connectivity index (χ1v) is 28.4. The van der Waals surface area contributed by atoms with E-state index in [-0.39, 0.29) is 18.8 Å². The van der Waals surface area contributed by atoms with Crippen molar-refractivity contribution in [3.8, 4) is 17.1 Å². The highest BCUT2D eigenvalue weighted by Crippen LogP contribution is 2.53. The second-order valence-corrected chi connectivity index (χ2v) is 26.2. The monoisotopic (exact) mass is 934 g/mol. The van der Waals surface area contributed by atoms with Gasteiger partial charge in [-0.25, -0.2) is 0 Å². The Morgan fingerprint density at radius 1 is 0.486 bits per heavy atom. The third-order valence-electron chi connectivity index (χ3n) is 20.9. The molecule has 3 nitrogen and oxygen atoms in total. The molecule has 0 amide bonds. The van der Waals surface area contributed by atoms with Crippen LogP contribution in [-0.2, 0) is 11.8 Å². The number of rotatable bonds is 4. The summed E-state index contributed by atoms with van der Waals surface area (Å²) in [5.41, 5.74) is 30.4. The Hall–Kier alpha value is -5.93. The Labute approximate surface area is 425 Å². The largest absolute Gasteiger partial charge is 0.311 e. The topological polar surface area (TPSA) is 14.8 Å². The predicted octanol–water partition coefficient (Wildman–Crippen LogP) is 12.6. The molecule has 17 rings (SSSR count). The molecule has 0 spiro atoms. The van der Waals surface area contributed by atoms with Crippen LogP contribution in [0.2, 0.25) is 0 Å². The summed E-state index contributed by atoms with van der Waals surface area (Å²) < 4.78 is 8.40. The molecule has 3 saturated carbocycles. The van der Waals surface area contributed by atoms with Crippen LogP contribution in [0.15, 0.2) is 91.0 Å². The third-order valence-corrected chi connectivity index (χ3v) is 20.9. The number of aryl methyl sites for hydroxylation is 4. The molecule has 5 heteroatoms.